The van der Waals surface area contributed by atoms with E-state index in [9.17, 15) is 14.0 Å². The van der Waals surface area contributed by atoms with Gasteiger partial charge in [0.05, 0.1) is 19.2 Å². The predicted octanol–water partition coefficient (Wildman–Crippen LogP) is 2.06. The highest BCUT2D eigenvalue weighted by molar-refractivity contribution is 5.94. The van der Waals surface area contributed by atoms with E-state index in [1.54, 1.807) is 0 Å². The summed E-state index contributed by atoms with van der Waals surface area (Å²) in [6.45, 7) is -0.0441. The number of methoxy groups -OCH3 is 1. The molecular formula is C14H12FNO5. The number of carbonyl (C=O) groups excluding carboxylic acids is 1. The van der Waals surface area contributed by atoms with Gasteiger partial charge < -0.3 is 19.6 Å². The molecule has 2 rings (SSSR count). The summed E-state index contributed by atoms with van der Waals surface area (Å²) in [5.74, 6) is -2.21. The van der Waals surface area contributed by atoms with Crippen LogP contribution >= 0.6 is 0 Å². The standard InChI is InChI=1S/C14H12FNO5/c1-20-8-2-4-10(11(15)6-8)13(17)16-7-9-3-5-12(21-9)14(18)19/h2-6H,7H2,1H3,(H,16,17)(H,18,19). The molecule has 0 aliphatic carbocycles. The van der Waals surface area contributed by atoms with E-state index in [1.807, 2.05) is 0 Å². The highest BCUT2D eigenvalue weighted by Crippen LogP contribution is 2.16. The molecule has 0 saturated carbocycles. The fourth-order valence-electron chi connectivity index (χ4n) is 1.66. The molecule has 0 saturated heterocycles. The number of benzene rings is 1. The molecule has 0 unspecified atom stereocenters. The Kier molecular flexibility index (Phi) is 4.22. The zero-order chi connectivity index (χ0) is 15.4. The maximum atomic E-state index is 13.7. The van der Waals surface area contributed by atoms with Gasteiger partial charge in [-0.2, -0.15) is 0 Å². The highest BCUT2D eigenvalue weighted by Gasteiger charge is 2.14. The second-order valence-electron chi connectivity index (χ2n) is 4.10. The molecule has 0 aliphatic heterocycles. The number of amides is 1. The number of aromatic carboxylic acids is 1. The molecule has 0 aliphatic rings. The first-order valence-electron chi connectivity index (χ1n) is 5.95. The second-order valence-corrected chi connectivity index (χ2v) is 4.10. The third kappa shape index (κ3) is 3.38. The number of halogens is 1. The summed E-state index contributed by atoms with van der Waals surface area (Å²) in [7, 11) is 1.39. The third-order valence-electron chi connectivity index (χ3n) is 2.72. The summed E-state index contributed by atoms with van der Waals surface area (Å²) < 4.78 is 23.5. The summed E-state index contributed by atoms with van der Waals surface area (Å²) >= 11 is 0. The maximum Gasteiger partial charge on any atom is 0.371 e. The van der Waals surface area contributed by atoms with Crippen molar-refractivity contribution < 1.29 is 28.2 Å². The van der Waals surface area contributed by atoms with E-state index in [4.69, 9.17) is 14.3 Å². The molecular weight excluding hydrogens is 281 g/mol. The van der Waals surface area contributed by atoms with Crippen LogP contribution in [-0.2, 0) is 6.54 Å². The average Bonchev–Trinajstić information content (AvgIpc) is 2.93. The summed E-state index contributed by atoms with van der Waals surface area (Å²) in [6, 6.07) is 6.57. The molecule has 2 N–H and O–H groups in total. The van der Waals surface area contributed by atoms with E-state index >= 15 is 0 Å². The van der Waals surface area contributed by atoms with Gasteiger partial charge in [-0.1, -0.05) is 0 Å². The summed E-state index contributed by atoms with van der Waals surface area (Å²) in [5, 5.41) is 11.1. The van der Waals surface area contributed by atoms with Gasteiger partial charge in [-0.3, -0.25) is 4.79 Å². The monoisotopic (exact) mass is 293 g/mol. The Hall–Kier alpha value is -2.83. The van der Waals surface area contributed by atoms with Crippen molar-refractivity contribution in [3.63, 3.8) is 0 Å². The molecule has 0 radical (unpaired) electrons. The fourth-order valence-corrected chi connectivity index (χ4v) is 1.66. The lowest BCUT2D eigenvalue weighted by Gasteiger charge is -2.06. The van der Waals surface area contributed by atoms with Crippen molar-refractivity contribution in [3.05, 3.63) is 53.2 Å². The molecule has 21 heavy (non-hydrogen) atoms. The Morgan fingerprint density at radius 2 is 2.10 bits per heavy atom. The van der Waals surface area contributed by atoms with Crippen LogP contribution in [0.2, 0.25) is 0 Å². The molecule has 1 aromatic heterocycles. The van der Waals surface area contributed by atoms with Gasteiger partial charge in [0.1, 0.15) is 17.3 Å². The first-order chi connectivity index (χ1) is 10.0. The summed E-state index contributed by atoms with van der Waals surface area (Å²) in [4.78, 5) is 22.5. The van der Waals surface area contributed by atoms with Crippen molar-refractivity contribution in [3.8, 4) is 5.75 Å². The lowest BCUT2D eigenvalue weighted by atomic mass is 10.2. The predicted molar refractivity (Wildman–Crippen MR) is 69.8 cm³/mol. The van der Waals surface area contributed by atoms with E-state index in [0.29, 0.717) is 5.75 Å². The normalized spacial score (nSPS) is 10.2. The molecule has 1 heterocycles. The molecule has 2 aromatic rings. The second kappa shape index (κ2) is 6.08. The minimum atomic E-state index is -1.20. The van der Waals surface area contributed by atoms with Gasteiger partial charge in [0.15, 0.2) is 0 Å². The third-order valence-corrected chi connectivity index (χ3v) is 2.72. The number of hydrogen-bond acceptors (Lipinski definition) is 4. The van der Waals surface area contributed by atoms with Crippen LogP contribution in [0.5, 0.6) is 5.75 Å². The molecule has 0 spiro atoms. The SMILES string of the molecule is COc1ccc(C(=O)NCc2ccc(C(=O)O)o2)c(F)c1. The minimum Gasteiger partial charge on any atom is -0.497 e. The first-order valence-corrected chi connectivity index (χ1v) is 5.95. The Bertz CT molecular complexity index is 680. The van der Waals surface area contributed by atoms with Crippen LogP contribution in [0.15, 0.2) is 34.7 Å². The van der Waals surface area contributed by atoms with Crippen molar-refractivity contribution in [2.45, 2.75) is 6.54 Å². The number of ether oxygens (including phenoxy) is 1. The minimum absolute atomic E-state index is 0.0441. The van der Waals surface area contributed by atoms with Gasteiger partial charge in [0, 0.05) is 6.07 Å². The van der Waals surface area contributed by atoms with E-state index in [2.05, 4.69) is 5.32 Å². The van der Waals surface area contributed by atoms with Crippen LogP contribution < -0.4 is 10.1 Å². The molecule has 7 heteroatoms. The van der Waals surface area contributed by atoms with E-state index in [-0.39, 0.29) is 23.6 Å². The van der Waals surface area contributed by atoms with Crippen molar-refractivity contribution in [1.29, 1.82) is 0 Å². The average molecular weight is 293 g/mol. The molecule has 0 bridgehead atoms. The van der Waals surface area contributed by atoms with Crippen molar-refractivity contribution in [1.82, 2.24) is 5.32 Å². The number of carboxylic acids is 1. The number of furan rings is 1. The van der Waals surface area contributed by atoms with Gasteiger partial charge in [0.2, 0.25) is 5.76 Å². The number of hydrogen-bond donors (Lipinski definition) is 2. The van der Waals surface area contributed by atoms with E-state index in [1.165, 1.54) is 31.4 Å². The van der Waals surface area contributed by atoms with Crippen LogP contribution in [-0.4, -0.2) is 24.1 Å². The van der Waals surface area contributed by atoms with E-state index < -0.39 is 17.7 Å². The Morgan fingerprint density at radius 3 is 2.67 bits per heavy atom. The number of rotatable bonds is 5. The van der Waals surface area contributed by atoms with Crippen molar-refractivity contribution in [2.24, 2.45) is 0 Å². The van der Waals surface area contributed by atoms with Gasteiger partial charge in [-0.05, 0) is 24.3 Å². The van der Waals surface area contributed by atoms with Crippen LogP contribution in [0.3, 0.4) is 0 Å². The van der Waals surface area contributed by atoms with Crippen LogP contribution in [0.25, 0.3) is 0 Å². The van der Waals surface area contributed by atoms with Gasteiger partial charge in [0.25, 0.3) is 5.91 Å². The van der Waals surface area contributed by atoms with Crippen LogP contribution in [0.4, 0.5) is 4.39 Å². The summed E-state index contributed by atoms with van der Waals surface area (Å²) in [6.07, 6.45) is 0. The largest absolute Gasteiger partial charge is 0.497 e. The van der Waals surface area contributed by atoms with Crippen LogP contribution in [0, 0.1) is 5.82 Å². The molecule has 110 valence electrons. The smallest absolute Gasteiger partial charge is 0.371 e. The fraction of sp³-hybridized carbons (Fsp3) is 0.143. The zero-order valence-corrected chi connectivity index (χ0v) is 11.1. The Labute approximate surface area is 119 Å². The molecule has 6 nitrogen and oxygen atoms in total. The van der Waals surface area contributed by atoms with E-state index in [0.717, 1.165) is 6.07 Å². The molecule has 1 amide bonds. The van der Waals surface area contributed by atoms with Gasteiger partial charge in [-0.15, -0.1) is 0 Å². The summed E-state index contributed by atoms with van der Waals surface area (Å²) in [5.41, 5.74) is -0.138. The lowest BCUT2D eigenvalue weighted by Crippen LogP contribution is -2.23. The number of carbonyl (C=O) groups is 2. The molecule has 1 aromatic carbocycles. The highest BCUT2D eigenvalue weighted by atomic mass is 19.1. The maximum absolute atomic E-state index is 13.7. The first kappa shape index (κ1) is 14.6. The van der Waals surface area contributed by atoms with Gasteiger partial charge >= 0.3 is 5.97 Å². The quantitative estimate of drug-likeness (QED) is 0.880. The van der Waals surface area contributed by atoms with Gasteiger partial charge in [-0.25, -0.2) is 9.18 Å². The molecule has 0 atom stereocenters. The Balaban J connectivity index is 2.02. The van der Waals surface area contributed by atoms with Crippen molar-refractivity contribution >= 4 is 11.9 Å². The van der Waals surface area contributed by atoms with Crippen molar-refractivity contribution in [2.75, 3.05) is 7.11 Å². The number of nitrogens with one attached hydrogen (secondary N) is 1. The Morgan fingerprint density at radius 1 is 1.33 bits per heavy atom. The topological polar surface area (TPSA) is 88.8 Å². The molecule has 0 fully saturated rings. The van der Waals surface area contributed by atoms with Crippen LogP contribution in [0.1, 0.15) is 26.7 Å². The number of carboxylic acid groups (broad SMARTS) is 1. The zero-order valence-electron chi connectivity index (χ0n) is 11.1. The lowest BCUT2D eigenvalue weighted by molar-refractivity contribution is 0.0660.